The Bertz CT molecular complexity index is 1580. The Morgan fingerprint density at radius 3 is 2.32 bits per heavy atom. The van der Waals surface area contributed by atoms with Crippen LogP contribution in [0.2, 0.25) is 0 Å². The summed E-state index contributed by atoms with van der Waals surface area (Å²) in [6, 6.07) is 18.3. The molecule has 0 unspecified atom stereocenters. The number of hydrogen-bond donors (Lipinski definition) is 4. The van der Waals surface area contributed by atoms with E-state index in [1.807, 2.05) is 55.3 Å². The maximum Gasteiger partial charge on any atom is 0.274 e. The Labute approximate surface area is 297 Å². The van der Waals surface area contributed by atoms with Crippen molar-refractivity contribution in [3.63, 3.8) is 0 Å². The van der Waals surface area contributed by atoms with Crippen LogP contribution in [-0.2, 0) is 22.6 Å². The first-order valence-electron chi connectivity index (χ1n) is 18.1. The van der Waals surface area contributed by atoms with Crippen molar-refractivity contribution < 1.29 is 14.4 Å². The molecule has 2 aliphatic rings. The second-order valence-corrected chi connectivity index (χ2v) is 13.6. The molecule has 3 heterocycles. The first kappa shape index (κ1) is 37.1. The highest BCUT2D eigenvalue weighted by Crippen LogP contribution is 2.28. The second kappa shape index (κ2) is 18.7. The van der Waals surface area contributed by atoms with E-state index < -0.39 is 0 Å². The van der Waals surface area contributed by atoms with E-state index in [4.69, 9.17) is 0 Å². The number of aromatic nitrogens is 1. The van der Waals surface area contributed by atoms with E-state index in [1.165, 1.54) is 11.1 Å². The zero-order valence-electron chi connectivity index (χ0n) is 30.0. The van der Waals surface area contributed by atoms with Crippen molar-refractivity contribution in [1.29, 1.82) is 0 Å². The maximum absolute atomic E-state index is 13.9. The highest BCUT2D eigenvalue weighted by Gasteiger charge is 2.29. The molecule has 4 N–H and O–H groups in total. The lowest BCUT2D eigenvalue weighted by atomic mass is 9.95. The summed E-state index contributed by atoms with van der Waals surface area (Å²) in [5, 5.41) is 12.2. The van der Waals surface area contributed by atoms with Crippen molar-refractivity contribution >= 4 is 23.4 Å². The third kappa shape index (κ3) is 10.9. The van der Waals surface area contributed by atoms with Crippen molar-refractivity contribution in [2.24, 2.45) is 5.92 Å². The fourth-order valence-corrected chi connectivity index (χ4v) is 6.75. The Morgan fingerprint density at radius 1 is 0.840 bits per heavy atom. The Morgan fingerprint density at radius 2 is 1.58 bits per heavy atom. The first-order chi connectivity index (χ1) is 24.3. The summed E-state index contributed by atoms with van der Waals surface area (Å²) in [5.41, 5.74) is 6.06. The molecule has 5 rings (SSSR count). The molecule has 11 nitrogen and oxygen atoms in total. The second-order valence-electron chi connectivity index (χ2n) is 13.6. The number of nitrogens with zero attached hydrogens (tertiary/aromatic N) is 4. The average Bonchev–Trinajstić information content (AvgIpc) is 3.12. The fraction of sp³-hybridized carbons (Fsp3) is 0.487. The number of pyridine rings is 1. The number of benzene rings is 2. The van der Waals surface area contributed by atoms with E-state index in [1.54, 1.807) is 6.20 Å². The van der Waals surface area contributed by atoms with Gasteiger partial charge in [0.25, 0.3) is 5.91 Å². The van der Waals surface area contributed by atoms with Crippen LogP contribution < -0.4 is 21.3 Å². The van der Waals surface area contributed by atoms with Crippen LogP contribution in [0, 0.1) is 12.8 Å². The van der Waals surface area contributed by atoms with Crippen molar-refractivity contribution in [2.75, 3.05) is 84.4 Å². The number of amides is 3. The third-order valence-electron chi connectivity index (χ3n) is 9.68. The number of piperidine rings is 1. The van der Waals surface area contributed by atoms with Gasteiger partial charge in [-0.3, -0.25) is 19.3 Å². The molecule has 0 aliphatic carbocycles. The number of carbonyl (C=O) groups is 3. The van der Waals surface area contributed by atoms with Gasteiger partial charge in [0, 0.05) is 77.2 Å². The number of carbonyl (C=O) groups excluding carboxylic acids is 3. The van der Waals surface area contributed by atoms with Gasteiger partial charge in [-0.05, 0) is 61.9 Å². The smallest absolute Gasteiger partial charge is 0.274 e. The van der Waals surface area contributed by atoms with E-state index in [0.717, 1.165) is 75.2 Å². The van der Waals surface area contributed by atoms with Gasteiger partial charge in [-0.25, -0.2) is 4.98 Å². The summed E-state index contributed by atoms with van der Waals surface area (Å²) in [7, 11) is 1.88. The molecular formula is C39H54N8O3. The number of anilines is 1. The molecule has 1 aromatic heterocycles. The molecule has 0 saturated carbocycles. The zero-order chi connectivity index (χ0) is 35.3. The quantitative estimate of drug-likeness (QED) is 0.181. The molecule has 0 atom stereocenters. The lowest BCUT2D eigenvalue weighted by Crippen LogP contribution is -2.51. The minimum atomic E-state index is -0.221. The molecule has 3 aromatic rings. The molecule has 268 valence electrons. The van der Waals surface area contributed by atoms with Gasteiger partial charge in [-0.15, -0.1) is 0 Å². The highest BCUT2D eigenvalue weighted by molar-refractivity contribution is 6.03. The summed E-state index contributed by atoms with van der Waals surface area (Å²) in [5.74, 6) is 0.219. The van der Waals surface area contributed by atoms with Crippen LogP contribution >= 0.6 is 0 Å². The number of likely N-dealkylation sites (N-methyl/N-ethyl adjacent to an activating group) is 1. The van der Waals surface area contributed by atoms with Crippen LogP contribution in [0.15, 0.2) is 60.8 Å². The van der Waals surface area contributed by atoms with Crippen LogP contribution in [0.1, 0.15) is 46.9 Å². The molecule has 2 fully saturated rings. The molecule has 0 spiro atoms. The number of likely N-dealkylation sites (tertiary alicyclic amines) is 1. The SMILES string of the molecule is CCc1cccc(-c2cnc(C(=O)N3CCC(CN4CCN(CC(=O)NCCNC)CC4)CC3)c(NC(=O)CNCc3cccc(C)c3)c2)c1. The molecule has 2 aromatic carbocycles. The predicted molar refractivity (Wildman–Crippen MR) is 199 cm³/mol. The topological polar surface area (TPSA) is 122 Å². The maximum atomic E-state index is 13.9. The van der Waals surface area contributed by atoms with Crippen molar-refractivity contribution in [3.05, 3.63) is 83.2 Å². The summed E-state index contributed by atoms with van der Waals surface area (Å²) in [6.45, 7) is 12.7. The molecule has 50 heavy (non-hydrogen) atoms. The molecule has 3 amide bonds. The van der Waals surface area contributed by atoms with E-state index in [-0.39, 0.29) is 30.0 Å². The lowest BCUT2D eigenvalue weighted by Gasteiger charge is -2.38. The molecule has 2 saturated heterocycles. The van der Waals surface area contributed by atoms with Gasteiger partial charge in [0.05, 0.1) is 18.8 Å². The predicted octanol–water partition coefficient (Wildman–Crippen LogP) is 3.15. The largest absolute Gasteiger partial charge is 0.354 e. The number of rotatable bonds is 15. The Hall–Kier alpha value is -4.16. The minimum absolute atomic E-state index is 0.0816. The van der Waals surface area contributed by atoms with Gasteiger partial charge in [-0.2, -0.15) is 0 Å². The summed E-state index contributed by atoms with van der Waals surface area (Å²) < 4.78 is 0. The Kier molecular flexibility index (Phi) is 13.9. The van der Waals surface area contributed by atoms with Gasteiger partial charge >= 0.3 is 0 Å². The Balaban J connectivity index is 1.17. The third-order valence-corrected chi connectivity index (χ3v) is 9.68. The van der Waals surface area contributed by atoms with E-state index in [2.05, 4.69) is 61.2 Å². The van der Waals surface area contributed by atoms with Crippen LogP contribution in [0.5, 0.6) is 0 Å². The minimum Gasteiger partial charge on any atom is -0.354 e. The zero-order valence-corrected chi connectivity index (χ0v) is 30.0. The van der Waals surface area contributed by atoms with Crippen molar-refractivity contribution in [3.8, 4) is 11.1 Å². The normalized spacial score (nSPS) is 15.9. The average molecular weight is 683 g/mol. The van der Waals surface area contributed by atoms with E-state index in [9.17, 15) is 14.4 Å². The summed E-state index contributed by atoms with van der Waals surface area (Å²) in [4.78, 5) is 50.6. The molecule has 2 aliphatic heterocycles. The highest BCUT2D eigenvalue weighted by atomic mass is 16.2. The van der Waals surface area contributed by atoms with Crippen molar-refractivity contribution in [2.45, 2.75) is 39.7 Å². The van der Waals surface area contributed by atoms with Crippen LogP contribution in [0.3, 0.4) is 0 Å². The van der Waals surface area contributed by atoms with E-state index >= 15 is 0 Å². The van der Waals surface area contributed by atoms with Crippen LogP contribution in [0.25, 0.3) is 11.1 Å². The monoisotopic (exact) mass is 682 g/mol. The molecular weight excluding hydrogens is 628 g/mol. The molecule has 11 heteroatoms. The van der Waals surface area contributed by atoms with Gasteiger partial charge in [0.15, 0.2) is 5.69 Å². The van der Waals surface area contributed by atoms with E-state index in [0.29, 0.717) is 44.3 Å². The molecule has 0 bridgehead atoms. The van der Waals surface area contributed by atoms with Crippen molar-refractivity contribution in [1.82, 2.24) is 35.6 Å². The number of piperazine rings is 1. The fourth-order valence-electron chi connectivity index (χ4n) is 6.75. The van der Waals surface area contributed by atoms with Crippen LogP contribution in [0.4, 0.5) is 5.69 Å². The van der Waals surface area contributed by atoms with Gasteiger partial charge < -0.3 is 31.1 Å². The summed E-state index contributed by atoms with van der Waals surface area (Å²) in [6.07, 6.45) is 4.50. The number of hydrogen-bond acceptors (Lipinski definition) is 8. The lowest BCUT2D eigenvalue weighted by molar-refractivity contribution is -0.122. The van der Waals surface area contributed by atoms with Gasteiger partial charge in [-0.1, -0.05) is 61.0 Å². The molecule has 0 radical (unpaired) electrons. The standard InChI is InChI=1S/C39H54N8O3/c1-4-30-8-6-10-33(22-30)34-23-35(44-36(48)26-41-24-32-9-5-7-29(2)21-32)38(43-25-34)39(50)47-15-11-31(12-16-47)27-45-17-19-46(20-18-45)28-37(49)42-14-13-40-3/h5-10,21-23,25,31,40-41H,4,11-20,24,26-28H2,1-3H3,(H,42,49)(H,44,48). The first-order valence-corrected chi connectivity index (χ1v) is 18.1. The summed E-state index contributed by atoms with van der Waals surface area (Å²) >= 11 is 0. The van der Waals surface area contributed by atoms with Gasteiger partial charge in [0.2, 0.25) is 11.8 Å². The van der Waals surface area contributed by atoms with Crippen LogP contribution in [-0.4, -0.2) is 116 Å². The number of nitrogens with one attached hydrogen (secondary N) is 4. The van der Waals surface area contributed by atoms with Gasteiger partial charge in [0.1, 0.15) is 0 Å². The number of aryl methyl sites for hydroxylation is 2.